The highest BCUT2D eigenvalue weighted by Crippen LogP contribution is 2.32. The molecule has 1 atom stereocenters. The monoisotopic (exact) mass is 284 g/mol. The van der Waals surface area contributed by atoms with E-state index in [0.29, 0.717) is 6.04 Å². The van der Waals surface area contributed by atoms with Gasteiger partial charge in [0.05, 0.1) is 19.9 Å². The van der Waals surface area contributed by atoms with Gasteiger partial charge in [0.25, 0.3) is 0 Å². The molecule has 0 amide bonds. The summed E-state index contributed by atoms with van der Waals surface area (Å²) in [6.45, 7) is 1.16. The number of nitrogens with one attached hydrogen (secondary N) is 1. The zero-order valence-corrected chi connectivity index (χ0v) is 11.7. The summed E-state index contributed by atoms with van der Waals surface area (Å²) in [6.07, 6.45) is 3.63. The van der Waals surface area contributed by atoms with Gasteiger partial charge in [-0.1, -0.05) is 11.6 Å². The molecule has 1 saturated heterocycles. The molecule has 0 bridgehead atoms. The van der Waals surface area contributed by atoms with Crippen LogP contribution >= 0.6 is 34.3 Å². The maximum atomic E-state index is 5.94. The molecule has 0 aromatic carbocycles. The van der Waals surface area contributed by atoms with Crippen LogP contribution in [-0.2, 0) is 6.42 Å². The first-order chi connectivity index (χ1) is 8.31. The minimum absolute atomic E-state index is 0.626. The van der Waals surface area contributed by atoms with Crippen molar-refractivity contribution in [3.05, 3.63) is 26.9 Å². The fraction of sp³-hybridized carbons (Fsp3) is 0.417. The third kappa shape index (κ3) is 2.71. The van der Waals surface area contributed by atoms with Crippen LogP contribution in [0.2, 0.25) is 4.34 Å². The fourth-order valence-corrected chi connectivity index (χ4v) is 4.07. The van der Waals surface area contributed by atoms with Crippen molar-refractivity contribution >= 4 is 34.3 Å². The van der Waals surface area contributed by atoms with Gasteiger partial charge >= 0.3 is 0 Å². The van der Waals surface area contributed by atoms with E-state index in [9.17, 15) is 0 Å². The van der Waals surface area contributed by atoms with E-state index < -0.39 is 0 Å². The highest BCUT2D eigenvalue weighted by atomic mass is 35.5. The molecule has 1 aliphatic rings. The van der Waals surface area contributed by atoms with Gasteiger partial charge in [-0.3, -0.25) is 0 Å². The van der Waals surface area contributed by atoms with E-state index in [1.807, 2.05) is 12.1 Å². The molecular formula is C12H13ClN2S2. The first-order valence-electron chi connectivity index (χ1n) is 5.75. The molecule has 2 aromatic rings. The Kier molecular flexibility index (Phi) is 3.47. The van der Waals surface area contributed by atoms with E-state index in [2.05, 4.69) is 15.7 Å². The Labute approximate surface area is 114 Å². The van der Waals surface area contributed by atoms with Crippen molar-refractivity contribution in [2.24, 2.45) is 0 Å². The number of hydrogen-bond acceptors (Lipinski definition) is 4. The molecule has 1 aliphatic heterocycles. The second-order valence-electron chi connectivity index (χ2n) is 4.23. The lowest BCUT2D eigenvalue weighted by molar-refractivity contribution is 0.601. The molecule has 0 aliphatic carbocycles. The minimum atomic E-state index is 0.626. The van der Waals surface area contributed by atoms with Gasteiger partial charge < -0.3 is 5.32 Å². The molecule has 1 fully saturated rings. The lowest BCUT2D eigenvalue weighted by Gasteiger charge is -2.06. The molecule has 3 rings (SSSR count). The van der Waals surface area contributed by atoms with E-state index in [1.165, 1.54) is 17.8 Å². The van der Waals surface area contributed by atoms with Crippen LogP contribution in [0.3, 0.4) is 0 Å². The molecule has 3 heterocycles. The second-order valence-corrected chi connectivity index (χ2v) is 6.89. The summed E-state index contributed by atoms with van der Waals surface area (Å²) in [7, 11) is 0. The van der Waals surface area contributed by atoms with E-state index >= 15 is 0 Å². The predicted octanol–water partition coefficient (Wildman–Crippen LogP) is 3.82. The first kappa shape index (κ1) is 11.7. The quantitative estimate of drug-likeness (QED) is 0.927. The molecule has 5 heteroatoms. The predicted molar refractivity (Wildman–Crippen MR) is 75.2 cm³/mol. The second kappa shape index (κ2) is 5.06. The number of thiazole rings is 1. The molecule has 0 spiro atoms. The molecule has 90 valence electrons. The fourth-order valence-electron chi connectivity index (χ4n) is 2.11. The van der Waals surface area contributed by atoms with Crippen LogP contribution < -0.4 is 5.32 Å². The van der Waals surface area contributed by atoms with Crippen molar-refractivity contribution in [1.29, 1.82) is 0 Å². The van der Waals surface area contributed by atoms with Gasteiger partial charge in [0.2, 0.25) is 0 Å². The number of hydrogen-bond donors (Lipinski definition) is 1. The minimum Gasteiger partial charge on any atom is -0.314 e. The van der Waals surface area contributed by atoms with Crippen molar-refractivity contribution in [3.8, 4) is 10.6 Å². The van der Waals surface area contributed by atoms with Crippen LogP contribution in [0.5, 0.6) is 0 Å². The highest BCUT2D eigenvalue weighted by molar-refractivity contribution is 7.19. The number of thiophene rings is 1. The summed E-state index contributed by atoms with van der Waals surface area (Å²) >= 11 is 9.28. The summed E-state index contributed by atoms with van der Waals surface area (Å²) in [5.41, 5.74) is 1.07. The van der Waals surface area contributed by atoms with Crippen molar-refractivity contribution in [1.82, 2.24) is 10.3 Å². The normalized spacial score (nSPS) is 19.9. The molecule has 2 aromatic heterocycles. The lowest BCUT2D eigenvalue weighted by Crippen LogP contribution is -2.23. The Hall–Kier alpha value is -0.420. The van der Waals surface area contributed by atoms with Gasteiger partial charge in [-0.25, -0.2) is 4.98 Å². The maximum absolute atomic E-state index is 5.94. The van der Waals surface area contributed by atoms with E-state index in [-0.39, 0.29) is 0 Å². The first-order valence-corrected chi connectivity index (χ1v) is 7.82. The van der Waals surface area contributed by atoms with Gasteiger partial charge in [-0.15, -0.1) is 22.7 Å². The van der Waals surface area contributed by atoms with Gasteiger partial charge in [-0.05, 0) is 31.5 Å². The summed E-state index contributed by atoms with van der Waals surface area (Å²) in [4.78, 5) is 5.85. The molecule has 1 unspecified atom stereocenters. The molecule has 0 radical (unpaired) electrons. The maximum Gasteiger partial charge on any atom is 0.0948 e. The Morgan fingerprint density at radius 2 is 2.41 bits per heavy atom. The summed E-state index contributed by atoms with van der Waals surface area (Å²) in [5.74, 6) is 0. The average Bonchev–Trinajstić information content (AvgIpc) is 2.99. The van der Waals surface area contributed by atoms with Crippen LogP contribution in [0.25, 0.3) is 10.6 Å². The zero-order chi connectivity index (χ0) is 11.7. The number of aromatic nitrogens is 1. The molecular weight excluding hydrogens is 272 g/mol. The smallest absolute Gasteiger partial charge is 0.0948 e. The number of rotatable bonds is 3. The van der Waals surface area contributed by atoms with Crippen LogP contribution in [0.1, 0.15) is 17.8 Å². The van der Waals surface area contributed by atoms with E-state index in [4.69, 9.17) is 11.6 Å². The SMILES string of the molecule is Clc1ccc(-c2csc(CC3CCCN3)n2)s1. The molecule has 17 heavy (non-hydrogen) atoms. The van der Waals surface area contributed by atoms with Crippen LogP contribution in [0.15, 0.2) is 17.5 Å². The Morgan fingerprint density at radius 1 is 1.47 bits per heavy atom. The zero-order valence-electron chi connectivity index (χ0n) is 9.28. The van der Waals surface area contributed by atoms with E-state index in [1.54, 1.807) is 22.7 Å². The molecule has 1 N–H and O–H groups in total. The third-order valence-corrected chi connectivity index (χ3v) is 5.09. The Bertz CT molecular complexity index is 500. The van der Waals surface area contributed by atoms with Crippen molar-refractivity contribution in [2.45, 2.75) is 25.3 Å². The average molecular weight is 285 g/mol. The van der Waals surface area contributed by atoms with Gasteiger partial charge in [0.1, 0.15) is 0 Å². The van der Waals surface area contributed by atoms with Crippen LogP contribution in [0, 0.1) is 0 Å². The summed E-state index contributed by atoms with van der Waals surface area (Å²) in [5, 5.41) is 6.86. The molecule has 0 saturated carbocycles. The van der Waals surface area contributed by atoms with Crippen molar-refractivity contribution < 1.29 is 0 Å². The summed E-state index contributed by atoms with van der Waals surface area (Å²) < 4.78 is 0.826. The Morgan fingerprint density at radius 3 is 3.12 bits per heavy atom. The van der Waals surface area contributed by atoms with Crippen molar-refractivity contribution in [3.63, 3.8) is 0 Å². The molecule has 2 nitrogen and oxygen atoms in total. The van der Waals surface area contributed by atoms with Gasteiger partial charge in [-0.2, -0.15) is 0 Å². The van der Waals surface area contributed by atoms with Crippen molar-refractivity contribution in [2.75, 3.05) is 6.54 Å². The van der Waals surface area contributed by atoms with Crippen LogP contribution in [-0.4, -0.2) is 17.6 Å². The largest absolute Gasteiger partial charge is 0.314 e. The third-order valence-electron chi connectivity index (χ3n) is 2.96. The lowest BCUT2D eigenvalue weighted by atomic mass is 10.2. The van der Waals surface area contributed by atoms with Gasteiger partial charge in [0.15, 0.2) is 0 Å². The summed E-state index contributed by atoms with van der Waals surface area (Å²) in [6, 6.07) is 4.60. The van der Waals surface area contributed by atoms with Crippen LogP contribution in [0.4, 0.5) is 0 Å². The van der Waals surface area contributed by atoms with E-state index in [0.717, 1.165) is 27.9 Å². The van der Waals surface area contributed by atoms with Gasteiger partial charge in [0, 0.05) is 17.8 Å². The topological polar surface area (TPSA) is 24.9 Å². The number of halogens is 1. The number of nitrogens with zero attached hydrogens (tertiary/aromatic N) is 1. The Balaban J connectivity index is 1.73. The highest BCUT2D eigenvalue weighted by Gasteiger charge is 2.16. The standard InChI is InChI=1S/C12H13ClN2S2/c13-11-4-3-10(17-11)9-7-16-12(15-9)6-8-2-1-5-14-8/h3-4,7-8,14H,1-2,5-6H2.